The molecule has 0 aromatic heterocycles. The van der Waals surface area contributed by atoms with Gasteiger partial charge in [0.1, 0.15) is 0 Å². The molecule has 0 aliphatic carbocycles. The molecule has 2 atom stereocenters. The first-order chi connectivity index (χ1) is 11.0. The molecule has 4 nitrogen and oxygen atoms in total. The topological polar surface area (TPSA) is 52.6 Å². The van der Waals surface area contributed by atoms with Crippen molar-refractivity contribution in [3.05, 3.63) is 35.9 Å². The van der Waals surface area contributed by atoms with Crippen LogP contribution in [0.4, 0.5) is 8.78 Å². The standard InChI is InChI=1S/C17H22F2N2O2.ClH/c18-17(19)10-14(20-11-17)16(23)21-8-6-13(7-9-21)15(22)12-4-2-1-3-5-12;/h1-5,13-15,20,22H,6-11H2;1H. The SMILES string of the molecule is Cl.O=C(C1CC(F)(F)CN1)N1CCC(C(O)c2ccccc2)CC1. The Hall–Kier alpha value is -1.24. The number of aliphatic hydroxyl groups is 1. The smallest absolute Gasteiger partial charge is 0.262 e. The van der Waals surface area contributed by atoms with E-state index in [1.165, 1.54) is 0 Å². The van der Waals surface area contributed by atoms with Crippen LogP contribution in [0.5, 0.6) is 0 Å². The number of halogens is 3. The van der Waals surface area contributed by atoms with Gasteiger partial charge in [-0.25, -0.2) is 8.78 Å². The number of amides is 1. The Balaban J connectivity index is 0.00000208. The van der Waals surface area contributed by atoms with E-state index in [9.17, 15) is 18.7 Å². The highest BCUT2D eigenvalue weighted by Crippen LogP contribution is 2.32. The minimum absolute atomic E-state index is 0. The quantitative estimate of drug-likeness (QED) is 0.870. The molecule has 0 saturated carbocycles. The second kappa shape index (κ2) is 7.76. The molecule has 0 spiro atoms. The number of nitrogens with zero attached hydrogens (tertiary/aromatic N) is 1. The normalized spacial score (nSPS) is 25.1. The van der Waals surface area contributed by atoms with Crippen molar-refractivity contribution < 1.29 is 18.7 Å². The van der Waals surface area contributed by atoms with E-state index < -0.39 is 31.0 Å². The van der Waals surface area contributed by atoms with Crippen molar-refractivity contribution in [1.29, 1.82) is 0 Å². The average molecular weight is 361 g/mol. The minimum Gasteiger partial charge on any atom is -0.388 e. The third-order valence-electron chi connectivity index (χ3n) is 4.85. The Kier molecular flexibility index (Phi) is 6.17. The zero-order valence-electron chi connectivity index (χ0n) is 13.3. The molecule has 134 valence electrons. The molecule has 1 aromatic rings. The lowest BCUT2D eigenvalue weighted by molar-refractivity contribution is -0.135. The lowest BCUT2D eigenvalue weighted by atomic mass is 9.87. The first kappa shape index (κ1) is 19.1. The van der Waals surface area contributed by atoms with Gasteiger partial charge in [-0.15, -0.1) is 12.4 Å². The van der Waals surface area contributed by atoms with Crippen LogP contribution in [0, 0.1) is 5.92 Å². The molecule has 2 fully saturated rings. The summed E-state index contributed by atoms with van der Waals surface area (Å²) in [6.45, 7) is 0.598. The molecular weight excluding hydrogens is 338 g/mol. The van der Waals surface area contributed by atoms with E-state index >= 15 is 0 Å². The Morgan fingerprint density at radius 3 is 2.42 bits per heavy atom. The van der Waals surface area contributed by atoms with E-state index in [0.29, 0.717) is 25.9 Å². The van der Waals surface area contributed by atoms with Crippen LogP contribution in [-0.2, 0) is 4.79 Å². The Morgan fingerprint density at radius 2 is 1.88 bits per heavy atom. The maximum Gasteiger partial charge on any atom is 0.262 e. The van der Waals surface area contributed by atoms with Gasteiger partial charge in [0.2, 0.25) is 5.91 Å². The van der Waals surface area contributed by atoms with Crippen LogP contribution in [0.1, 0.15) is 30.9 Å². The molecule has 2 saturated heterocycles. The van der Waals surface area contributed by atoms with Crippen molar-refractivity contribution in [2.75, 3.05) is 19.6 Å². The summed E-state index contributed by atoms with van der Waals surface area (Å²) in [5, 5.41) is 13.0. The van der Waals surface area contributed by atoms with Gasteiger partial charge in [0.05, 0.1) is 18.7 Å². The zero-order valence-corrected chi connectivity index (χ0v) is 14.1. The summed E-state index contributed by atoms with van der Waals surface area (Å²) >= 11 is 0. The van der Waals surface area contributed by atoms with E-state index in [2.05, 4.69) is 5.32 Å². The number of piperidine rings is 1. The molecule has 24 heavy (non-hydrogen) atoms. The first-order valence-corrected chi connectivity index (χ1v) is 8.09. The monoisotopic (exact) mass is 360 g/mol. The average Bonchev–Trinajstić information content (AvgIpc) is 2.94. The maximum absolute atomic E-state index is 13.2. The van der Waals surface area contributed by atoms with Gasteiger partial charge >= 0.3 is 0 Å². The number of alkyl halides is 2. The van der Waals surface area contributed by atoms with Crippen molar-refractivity contribution in [2.45, 2.75) is 37.3 Å². The highest BCUT2D eigenvalue weighted by molar-refractivity contribution is 5.85. The zero-order chi connectivity index (χ0) is 16.4. The van der Waals surface area contributed by atoms with Gasteiger partial charge in [-0.1, -0.05) is 30.3 Å². The minimum atomic E-state index is -2.79. The van der Waals surface area contributed by atoms with Crippen LogP contribution in [-0.4, -0.2) is 47.5 Å². The van der Waals surface area contributed by atoms with Crippen LogP contribution < -0.4 is 5.32 Å². The number of carbonyl (C=O) groups is 1. The van der Waals surface area contributed by atoms with Gasteiger partial charge in [-0.2, -0.15) is 0 Å². The Labute approximate surface area is 146 Å². The summed E-state index contributed by atoms with van der Waals surface area (Å²) in [4.78, 5) is 13.9. The van der Waals surface area contributed by atoms with Gasteiger partial charge in [-0.05, 0) is 24.3 Å². The first-order valence-electron chi connectivity index (χ1n) is 8.09. The largest absolute Gasteiger partial charge is 0.388 e. The number of hydrogen-bond acceptors (Lipinski definition) is 3. The molecule has 2 unspecified atom stereocenters. The molecule has 1 amide bonds. The number of hydrogen-bond donors (Lipinski definition) is 2. The lowest BCUT2D eigenvalue weighted by Crippen LogP contribution is -2.47. The number of rotatable bonds is 3. The number of aliphatic hydroxyl groups excluding tert-OH is 1. The predicted octanol–water partition coefficient (Wildman–Crippen LogP) is 2.38. The fraction of sp³-hybridized carbons (Fsp3) is 0.588. The molecule has 3 rings (SSSR count). The third-order valence-corrected chi connectivity index (χ3v) is 4.85. The van der Waals surface area contributed by atoms with E-state index in [1.807, 2.05) is 30.3 Å². The lowest BCUT2D eigenvalue weighted by Gasteiger charge is -2.35. The molecule has 0 bridgehead atoms. The molecule has 1 aromatic carbocycles. The number of benzene rings is 1. The summed E-state index contributed by atoms with van der Waals surface area (Å²) in [5.74, 6) is -2.93. The van der Waals surface area contributed by atoms with Crippen molar-refractivity contribution in [1.82, 2.24) is 10.2 Å². The van der Waals surface area contributed by atoms with E-state index in [1.54, 1.807) is 4.90 Å². The maximum atomic E-state index is 13.2. The van der Waals surface area contributed by atoms with Crippen LogP contribution in [0.25, 0.3) is 0 Å². The Morgan fingerprint density at radius 1 is 1.25 bits per heavy atom. The van der Waals surface area contributed by atoms with E-state index in [4.69, 9.17) is 0 Å². The van der Waals surface area contributed by atoms with Crippen LogP contribution in [0.15, 0.2) is 30.3 Å². The fourth-order valence-corrected chi connectivity index (χ4v) is 3.47. The highest BCUT2D eigenvalue weighted by atomic mass is 35.5. The van der Waals surface area contributed by atoms with E-state index in [-0.39, 0.29) is 24.2 Å². The third kappa shape index (κ3) is 4.23. The molecule has 2 aliphatic heterocycles. The second-order valence-electron chi connectivity index (χ2n) is 6.51. The number of carbonyl (C=O) groups excluding carboxylic acids is 1. The van der Waals surface area contributed by atoms with Gasteiger partial charge in [0.25, 0.3) is 5.92 Å². The van der Waals surface area contributed by atoms with Gasteiger partial charge in [0.15, 0.2) is 0 Å². The molecule has 7 heteroatoms. The van der Waals surface area contributed by atoms with Gasteiger partial charge in [-0.3, -0.25) is 10.1 Å². The molecule has 0 radical (unpaired) electrons. The van der Waals surface area contributed by atoms with Crippen LogP contribution >= 0.6 is 12.4 Å². The van der Waals surface area contributed by atoms with Crippen molar-refractivity contribution >= 4 is 18.3 Å². The molecule has 2 aliphatic rings. The highest BCUT2D eigenvalue weighted by Gasteiger charge is 2.44. The van der Waals surface area contributed by atoms with Crippen LogP contribution in [0.3, 0.4) is 0 Å². The summed E-state index contributed by atoms with van der Waals surface area (Å²) < 4.78 is 26.4. The fourth-order valence-electron chi connectivity index (χ4n) is 3.47. The molecular formula is C17H23ClF2N2O2. The van der Waals surface area contributed by atoms with Gasteiger partial charge in [0, 0.05) is 19.5 Å². The Bertz CT molecular complexity index is 551. The van der Waals surface area contributed by atoms with E-state index in [0.717, 1.165) is 5.56 Å². The molecule has 2 N–H and O–H groups in total. The summed E-state index contributed by atoms with van der Waals surface area (Å²) in [5.41, 5.74) is 0.884. The summed E-state index contributed by atoms with van der Waals surface area (Å²) in [6.07, 6.45) is 0.413. The van der Waals surface area contributed by atoms with Crippen molar-refractivity contribution in [3.63, 3.8) is 0 Å². The summed E-state index contributed by atoms with van der Waals surface area (Å²) in [7, 11) is 0. The van der Waals surface area contributed by atoms with Crippen LogP contribution in [0.2, 0.25) is 0 Å². The van der Waals surface area contributed by atoms with Crippen molar-refractivity contribution in [2.24, 2.45) is 5.92 Å². The number of nitrogens with one attached hydrogen (secondary N) is 1. The second-order valence-corrected chi connectivity index (χ2v) is 6.51. The van der Waals surface area contributed by atoms with Gasteiger partial charge < -0.3 is 10.0 Å². The number of likely N-dealkylation sites (tertiary alicyclic amines) is 1. The summed E-state index contributed by atoms with van der Waals surface area (Å²) in [6, 6.07) is 8.70. The molecule has 2 heterocycles. The predicted molar refractivity (Wildman–Crippen MR) is 89.3 cm³/mol. The van der Waals surface area contributed by atoms with Crippen molar-refractivity contribution in [3.8, 4) is 0 Å².